The number of aromatic amines is 1. The van der Waals surface area contributed by atoms with E-state index < -0.39 is 16.1 Å². The first-order valence-corrected chi connectivity index (χ1v) is 14.7. The summed E-state index contributed by atoms with van der Waals surface area (Å²) in [5, 5.41) is 14.6. The number of ether oxygens (including phenoxy) is 1. The number of hydrogen-bond acceptors (Lipinski definition) is 7. The fourth-order valence-corrected chi connectivity index (χ4v) is 6.49. The zero-order chi connectivity index (χ0) is 27.6. The molecule has 2 aromatic carbocycles. The third kappa shape index (κ3) is 5.61. The molecule has 0 spiro atoms. The molecule has 3 N–H and O–H groups in total. The van der Waals surface area contributed by atoms with Crippen LogP contribution in [0.15, 0.2) is 58.2 Å². The Balaban J connectivity index is 1.55. The Hall–Kier alpha value is -3.54. The molecule has 2 heterocycles. The van der Waals surface area contributed by atoms with Crippen LogP contribution in [0.4, 0.5) is 0 Å². The van der Waals surface area contributed by atoms with Crippen LogP contribution in [0.3, 0.4) is 0 Å². The summed E-state index contributed by atoms with van der Waals surface area (Å²) in [5.74, 6) is 1.55. The highest BCUT2D eigenvalue weighted by Crippen LogP contribution is 2.35. The van der Waals surface area contributed by atoms with Crippen LogP contribution < -0.4 is 15.0 Å². The van der Waals surface area contributed by atoms with Gasteiger partial charge in [0.2, 0.25) is 10.0 Å². The summed E-state index contributed by atoms with van der Waals surface area (Å²) in [6.45, 7) is 3.59. The first kappa shape index (κ1) is 27.0. The second kappa shape index (κ2) is 11.3. The van der Waals surface area contributed by atoms with E-state index in [1.807, 2.05) is 37.3 Å². The quantitative estimate of drug-likeness (QED) is 0.275. The maximum Gasteiger partial charge on any atom is 0.277 e. The Bertz CT molecular complexity index is 1630. The number of rotatable bonds is 10. The van der Waals surface area contributed by atoms with Gasteiger partial charge in [-0.25, -0.2) is 22.6 Å². The molecule has 39 heavy (non-hydrogen) atoms. The lowest BCUT2D eigenvalue weighted by Gasteiger charge is -2.18. The number of aliphatic hydroxyl groups excluding tert-OH is 1. The topological polar surface area (TPSA) is 139 Å². The number of sulfonamides is 1. The van der Waals surface area contributed by atoms with Crippen molar-refractivity contribution in [1.29, 1.82) is 0 Å². The van der Waals surface area contributed by atoms with Gasteiger partial charge in [-0.1, -0.05) is 43.2 Å². The van der Waals surface area contributed by atoms with E-state index in [1.54, 1.807) is 17.5 Å². The van der Waals surface area contributed by atoms with Crippen molar-refractivity contribution in [2.75, 3.05) is 13.2 Å². The maximum absolute atomic E-state index is 13.4. The molecule has 0 bridgehead atoms. The molecule has 5 rings (SSSR count). The van der Waals surface area contributed by atoms with Crippen LogP contribution >= 0.6 is 0 Å². The molecule has 2 aromatic heterocycles. The second-order valence-corrected chi connectivity index (χ2v) is 11.6. The average Bonchev–Trinajstić information content (AvgIpc) is 3.57. The van der Waals surface area contributed by atoms with Gasteiger partial charge in [-0.3, -0.25) is 4.79 Å². The molecule has 10 nitrogen and oxygen atoms in total. The summed E-state index contributed by atoms with van der Waals surface area (Å²) in [6.07, 6.45) is 4.52. The summed E-state index contributed by atoms with van der Waals surface area (Å²) in [6, 6.07) is 13.1. The lowest BCUT2D eigenvalue weighted by atomic mass is 10.1. The molecule has 1 aliphatic rings. The predicted molar refractivity (Wildman–Crippen MR) is 147 cm³/mol. The van der Waals surface area contributed by atoms with E-state index >= 15 is 0 Å². The van der Waals surface area contributed by atoms with Crippen molar-refractivity contribution in [3.8, 4) is 17.1 Å². The highest BCUT2D eigenvalue weighted by Gasteiger charge is 2.26. The van der Waals surface area contributed by atoms with Crippen molar-refractivity contribution in [3.63, 3.8) is 0 Å². The van der Waals surface area contributed by atoms with E-state index in [9.17, 15) is 18.3 Å². The molecule has 206 valence electrons. The number of benzene rings is 2. The minimum atomic E-state index is -4.03. The van der Waals surface area contributed by atoms with Gasteiger partial charge < -0.3 is 14.8 Å². The molecule has 0 radical (unpaired) electrons. The van der Waals surface area contributed by atoms with Crippen molar-refractivity contribution in [2.45, 2.75) is 62.8 Å². The normalized spacial score (nSPS) is 15.2. The number of aromatic nitrogens is 4. The van der Waals surface area contributed by atoms with Crippen LogP contribution in [0.5, 0.6) is 5.75 Å². The number of nitrogens with one attached hydrogen (secondary N) is 2. The highest BCUT2D eigenvalue weighted by atomic mass is 32.2. The van der Waals surface area contributed by atoms with Crippen LogP contribution in [-0.4, -0.2) is 52.4 Å². The van der Waals surface area contributed by atoms with Crippen molar-refractivity contribution in [3.05, 3.63) is 76.0 Å². The van der Waals surface area contributed by atoms with Crippen LogP contribution in [0.2, 0.25) is 0 Å². The summed E-state index contributed by atoms with van der Waals surface area (Å²) in [5.41, 5.74) is 1.87. The van der Waals surface area contributed by atoms with Crippen LogP contribution in [0.1, 0.15) is 55.6 Å². The zero-order valence-corrected chi connectivity index (χ0v) is 22.9. The van der Waals surface area contributed by atoms with Gasteiger partial charge in [0.05, 0.1) is 29.4 Å². The Morgan fingerprint density at radius 1 is 1.18 bits per heavy atom. The largest absolute Gasteiger partial charge is 0.493 e. The van der Waals surface area contributed by atoms with Crippen molar-refractivity contribution >= 4 is 15.5 Å². The minimum Gasteiger partial charge on any atom is -0.493 e. The van der Waals surface area contributed by atoms with E-state index in [1.165, 1.54) is 12.1 Å². The van der Waals surface area contributed by atoms with Gasteiger partial charge in [0.1, 0.15) is 11.6 Å². The Morgan fingerprint density at radius 3 is 2.62 bits per heavy atom. The molecule has 4 aromatic rings. The summed E-state index contributed by atoms with van der Waals surface area (Å²) in [4.78, 5) is 20.6. The molecule has 0 amide bonds. The van der Waals surface area contributed by atoms with E-state index in [0.717, 1.165) is 37.1 Å². The molecule has 1 unspecified atom stereocenters. The summed E-state index contributed by atoms with van der Waals surface area (Å²) >= 11 is 0. The molecular weight excluding hydrogens is 518 g/mol. The number of aliphatic hydroxyl groups is 1. The molecule has 11 heteroatoms. The fourth-order valence-electron chi connectivity index (χ4n) is 5.24. The molecule has 1 saturated carbocycles. The van der Waals surface area contributed by atoms with Crippen molar-refractivity contribution in [2.24, 2.45) is 0 Å². The Kier molecular flexibility index (Phi) is 7.83. The minimum absolute atomic E-state index is 0.0342. The number of imidazole rings is 1. The van der Waals surface area contributed by atoms with E-state index in [4.69, 9.17) is 9.84 Å². The molecule has 1 aliphatic carbocycles. The zero-order valence-electron chi connectivity index (χ0n) is 22.1. The smallest absolute Gasteiger partial charge is 0.277 e. The maximum atomic E-state index is 13.4. The van der Waals surface area contributed by atoms with Crippen LogP contribution in [0.25, 0.3) is 16.9 Å². The second-order valence-electron chi connectivity index (χ2n) is 9.88. The van der Waals surface area contributed by atoms with E-state index in [0.29, 0.717) is 35.6 Å². The van der Waals surface area contributed by atoms with Gasteiger partial charge in [0.25, 0.3) is 5.56 Å². The predicted octanol–water partition coefficient (Wildman–Crippen LogP) is 3.33. The van der Waals surface area contributed by atoms with Gasteiger partial charge in [0, 0.05) is 12.0 Å². The SMILES string of the molecule is CCOc1ccc(S(=O)(=O)NC(CO)Cc2ccccc2)cc1-c1nn2c(C3CCCC3)nc(C)c2c(=O)[nH]1. The van der Waals surface area contributed by atoms with Gasteiger partial charge in [-0.2, -0.15) is 0 Å². The molecular formula is C28H33N5O5S. The van der Waals surface area contributed by atoms with E-state index in [2.05, 4.69) is 14.7 Å². The molecule has 0 aliphatic heterocycles. The first-order valence-electron chi connectivity index (χ1n) is 13.2. The number of nitrogens with zero attached hydrogens (tertiary/aromatic N) is 3. The fraction of sp³-hybridized carbons (Fsp3) is 0.393. The number of fused-ring (bicyclic) bond motifs is 1. The van der Waals surface area contributed by atoms with Crippen LogP contribution in [0, 0.1) is 6.92 Å². The first-order chi connectivity index (χ1) is 18.8. The highest BCUT2D eigenvalue weighted by molar-refractivity contribution is 7.89. The lowest BCUT2D eigenvalue weighted by molar-refractivity contribution is 0.256. The van der Waals surface area contributed by atoms with Gasteiger partial charge in [-0.15, -0.1) is 5.10 Å². The number of H-pyrrole nitrogens is 1. The summed E-state index contributed by atoms with van der Waals surface area (Å²) in [7, 11) is -4.03. The van der Waals surface area contributed by atoms with Gasteiger partial charge >= 0.3 is 0 Å². The molecule has 0 saturated heterocycles. The van der Waals surface area contributed by atoms with Crippen molar-refractivity contribution < 1.29 is 18.3 Å². The van der Waals surface area contributed by atoms with Crippen molar-refractivity contribution in [1.82, 2.24) is 24.3 Å². The average molecular weight is 552 g/mol. The Labute approximate surface area is 227 Å². The third-order valence-electron chi connectivity index (χ3n) is 7.10. The van der Waals surface area contributed by atoms with Crippen LogP contribution in [-0.2, 0) is 16.4 Å². The number of aryl methyl sites for hydroxylation is 1. The monoisotopic (exact) mass is 551 g/mol. The van der Waals surface area contributed by atoms with E-state index in [-0.39, 0.29) is 28.8 Å². The lowest BCUT2D eigenvalue weighted by Crippen LogP contribution is -2.39. The Morgan fingerprint density at radius 2 is 1.92 bits per heavy atom. The van der Waals surface area contributed by atoms with Gasteiger partial charge in [0.15, 0.2) is 11.3 Å². The van der Waals surface area contributed by atoms with Gasteiger partial charge in [-0.05, 0) is 56.9 Å². The summed E-state index contributed by atoms with van der Waals surface area (Å²) < 4.78 is 36.8. The molecule has 1 fully saturated rings. The number of hydrogen-bond donors (Lipinski definition) is 3. The molecule has 1 atom stereocenters. The third-order valence-corrected chi connectivity index (χ3v) is 8.62. The standard InChI is InChI=1S/C28H33N5O5S/c1-3-38-24-14-13-22(39(36,37)32-21(17-34)15-19-9-5-4-6-10-19)16-23(24)26-30-28(35)25-18(2)29-27(33(25)31-26)20-11-7-8-12-20/h4-6,9-10,13-14,16,20-21,32,34H,3,7-8,11-12,15,17H2,1-2H3,(H,30,31,35).